The fraction of sp³-hybridized carbons (Fsp3) is 0.250. The molecule has 0 aliphatic rings. The SMILES string of the molecule is Cc1cc(C(F)F)nn1CC(=O)Nc1ccncc1. The summed E-state index contributed by atoms with van der Waals surface area (Å²) in [5.41, 5.74) is 0.785. The quantitative estimate of drug-likeness (QED) is 0.922. The van der Waals surface area contributed by atoms with Gasteiger partial charge in [0.15, 0.2) is 0 Å². The van der Waals surface area contributed by atoms with E-state index in [-0.39, 0.29) is 18.1 Å². The van der Waals surface area contributed by atoms with Crippen molar-refractivity contribution in [1.82, 2.24) is 14.8 Å². The number of aryl methyl sites for hydroxylation is 1. The molecule has 100 valence electrons. The highest BCUT2D eigenvalue weighted by atomic mass is 19.3. The van der Waals surface area contributed by atoms with E-state index in [0.717, 1.165) is 0 Å². The van der Waals surface area contributed by atoms with Crippen molar-refractivity contribution in [3.63, 3.8) is 0 Å². The Morgan fingerprint density at radius 3 is 2.68 bits per heavy atom. The number of amides is 1. The largest absolute Gasteiger partial charge is 0.324 e. The maximum atomic E-state index is 12.5. The van der Waals surface area contributed by atoms with Crippen LogP contribution in [0.2, 0.25) is 0 Å². The summed E-state index contributed by atoms with van der Waals surface area (Å²) < 4.78 is 26.2. The molecule has 2 aromatic rings. The molecule has 0 spiro atoms. The van der Waals surface area contributed by atoms with Crippen molar-refractivity contribution in [2.75, 3.05) is 5.32 Å². The number of rotatable bonds is 4. The van der Waals surface area contributed by atoms with E-state index in [9.17, 15) is 13.6 Å². The van der Waals surface area contributed by atoms with Gasteiger partial charge in [-0.1, -0.05) is 0 Å². The van der Waals surface area contributed by atoms with Crippen LogP contribution >= 0.6 is 0 Å². The van der Waals surface area contributed by atoms with Crippen LogP contribution in [0.5, 0.6) is 0 Å². The molecular formula is C12H12F2N4O. The van der Waals surface area contributed by atoms with Crippen molar-refractivity contribution >= 4 is 11.6 Å². The van der Waals surface area contributed by atoms with Crippen LogP contribution < -0.4 is 5.32 Å². The maximum Gasteiger partial charge on any atom is 0.282 e. The maximum absolute atomic E-state index is 12.5. The number of nitrogens with zero attached hydrogens (tertiary/aromatic N) is 3. The van der Waals surface area contributed by atoms with E-state index in [1.54, 1.807) is 31.5 Å². The molecule has 0 unspecified atom stereocenters. The molecule has 0 atom stereocenters. The van der Waals surface area contributed by atoms with Crippen molar-refractivity contribution in [3.8, 4) is 0 Å². The third kappa shape index (κ3) is 3.34. The van der Waals surface area contributed by atoms with Gasteiger partial charge in [0.2, 0.25) is 5.91 Å². The first-order valence-corrected chi connectivity index (χ1v) is 5.58. The van der Waals surface area contributed by atoms with Crippen LogP contribution in [0, 0.1) is 6.92 Å². The lowest BCUT2D eigenvalue weighted by Gasteiger charge is -2.06. The van der Waals surface area contributed by atoms with Crippen molar-refractivity contribution in [1.29, 1.82) is 0 Å². The van der Waals surface area contributed by atoms with Crippen molar-refractivity contribution in [3.05, 3.63) is 42.0 Å². The Bertz CT molecular complexity index is 568. The summed E-state index contributed by atoms with van der Waals surface area (Å²) in [5, 5.41) is 6.31. The number of hydrogen-bond donors (Lipinski definition) is 1. The summed E-state index contributed by atoms with van der Waals surface area (Å²) in [7, 11) is 0. The number of alkyl halides is 2. The lowest BCUT2D eigenvalue weighted by Crippen LogP contribution is -2.20. The van der Waals surface area contributed by atoms with Crippen molar-refractivity contribution in [2.45, 2.75) is 19.9 Å². The summed E-state index contributed by atoms with van der Waals surface area (Å²) in [5.74, 6) is -0.335. The highest BCUT2D eigenvalue weighted by Crippen LogP contribution is 2.17. The van der Waals surface area contributed by atoms with Gasteiger partial charge in [-0.15, -0.1) is 0 Å². The first-order chi connectivity index (χ1) is 9.06. The van der Waals surface area contributed by atoms with Crippen LogP contribution in [0.15, 0.2) is 30.6 Å². The third-order valence-electron chi connectivity index (χ3n) is 2.48. The second kappa shape index (κ2) is 5.55. The van der Waals surface area contributed by atoms with Crippen LogP contribution in [-0.4, -0.2) is 20.7 Å². The molecule has 1 amide bonds. The lowest BCUT2D eigenvalue weighted by atomic mass is 10.4. The zero-order chi connectivity index (χ0) is 13.8. The van der Waals surface area contributed by atoms with Crippen LogP contribution in [0.25, 0.3) is 0 Å². The predicted octanol–water partition coefficient (Wildman–Crippen LogP) is 2.16. The molecule has 19 heavy (non-hydrogen) atoms. The number of anilines is 1. The van der Waals surface area contributed by atoms with E-state index in [0.29, 0.717) is 11.4 Å². The van der Waals surface area contributed by atoms with Gasteiger partial charge in [-0.05, 0) is 25.1 Å². The predicted molar refractivity (Wildman–Crippen MR) is 64.8 cm³/mol. The molecular weight excluding hydrogens is 254 g/mol. The number of carbonyl (C=O) groups excluding carboxylic acids is 1. The van der Waals surface area contributed by atoms with E-state index >= 15 is 0 Å². The minimum atomic E-state index is -2.64. The smallest absolute Gasteiger partial charge is 0.282 e. The summed E-state index contributed by atoms with van der Waals surface area (Å²) in [4.78, 5) is 15.6. The molecule has 7 heteroatoms. The van der Waals surface area contributed by atoms with Crippen LogP contribution in [0.3, 0.4) is 0 Å². The molecule has 0 aromatic carbocycles. The summed E-state index contributed by atoms with van der Waals surface area (Å²) in [6.07, 6.45) is 0.455. The molecule has 0 aliphatic carbocycles. The standard InChI is InChI=1S/C12H12F2N4O/c1-8-6-10(12(13)14)17-18(8)7-11(19)16-9-2-4-15-5-3-9/h2-6,12H,7H2,1H3,(H,15,16,19). The first kappa shape index (κ1) is 13.1. The second-order valence-electron chi connectivity index (χ2n) is 3.95. The summed E-state index contributed by atoms with van der Waals surface area (Å²) in [6, 6.07) is 4.54. The van der Waals surface area contributed by atoms with Crippen LogP contribution in [0.1, 0.15) is 17.8 Å². The number of aromatic nitrogens is 3. The Morgan fingerprint density at radius 2 is 2.11 bits per heavy atom. The summed E-state index contributed by atoms with van der Waals surface area (Å²) in [6.45, 7) is 1.51. The van der Waals surface area contributed by atoms with E-state index in [1.165, 1.54) is 10.7 Å². The molecule has 0 aliphatic heterocycles. The van der Waals surface area contributed by atoms with Gasteiger partial charge in [-0.3, -0.25) is 14.5 Å². The summed E-state index contributed by atoms with van der Waals surface area (Å²) >= 11 is 0. The molecule has 2 heterocycles. The van der Waals surface area contributed by atoms with Gasteiger partial charge in [0.1, 0.15) is 12.2 Å². The van der Waals surface area contributed by atoms with Crippen LogP contribution in [0.4, 0.5) is 14.5 Å². The minimum Gasteiger partial charge on any atom is -0.324 e. The molecule has 0 radical (unpaired) electrons. The van der Waals surface area contributed by atoms with Gasteiger partial charge >= 0.3 is 0 Å². The highest BCUT2D eigenvalue weighted by Gasteiger charge is 2.14. The normalized spacial score (nSPS) is 10.7. The van der Waals surface area contributed by atoms with Gasteiger partial charge in [0.25, 0.3) is 6.43 Å². The fourth-order valence-electron chi connectivity index (χ4n) is 1.57. The van der Waals surface area contributed by atoms with Gasteiger partial charge in [0, 0.05) is 23.8 Å². The molecule has 5 nitrogen and oxygen atoms in total. The topological polar surface area (TPSA) is 59.8 Å². The Labute approximate surface area is 108 Å². The number of halogens is 2. The van der Waals surface area contributed by atoms with Crippen LogP contribution in [-0.2, 0) is 11.3 Å². The first-order valence-electron chi connectivity index (χ1n) is 5.58. The third-order valence-corrected chi connectivity index (χ3v) is 2.48. The van der Waals surface area contributed by atoms with Gasteiger partial charge in [-0.2, -0.15) is 5.10 Å². The molecule has 2 aromatic heterocycles. The van der Waals surface area contributed by atoms with Gasteiger partial charge < -0.3 is 5.32 Å². The monoisotopic (exact) mass is 266 g/mol. The Balaban J connectivity index is 2.03. The molecule has 0 saturated carbocycles. The van der Waals surface area contributed by atoms with Crippen molar-refractivity contribution < 1.29 is 13.6 Å². The fourth-order valence-corrected chi connectivity index (χ4v) is 1.57. The number of carbonyl (C=O) groups is 1. The van der Waals surface area contributed by atoms with E-state index in [4.69, 9.17) is 0 Å². The molecule has 0 saturated heterocycles. The molecule has 0 bridgehead atoms. The molecule has 1 N–H and O–H groups in total. The average molecular weight is 266 g/mol. The average Bonchev–Trinajstić information content (AvgIpc) is 2.72. The zero-order valence-corrected chi connectivity index (χ0v) is 10.2. The van der Waals surface area contributed by atoms with E-state index < -0.39 is 6.43 Å². The number of pyridine rings is 1. The van der Waals surface area contributed by atoms with Gasteiger partial charge in [0.05, 0.1) is 0 Å². The Hall–Kier alpha value is -2.31. The molecule has 0 fully saturated rings. The van der Waals surface area contributed by atoms with E-state index in [1.807, 2.05) is 0 Å². The number of hydrogen-bond acceptors (Lipinski definition) is 3. The highest BCUT2D eigenvalue weighted by molar-refractivity contribution is 5.90. The number of nitrogens with one attached hydrogen (secondary N) is 1. The Kier molecular flexibility index (Phi) is 3.84. The molecule has 2 rings (SSSR count). The van der Waals surface area contributed by atoms with E-state index in [2.05, 4.69) is 15.4 Å². The van der Waals surface area contributed by atoms with Crippen molar-refractivity contribution in [2.24, 2.45) is 0 Å². The van der Waals surface area contributed by atoms with Gasteiger partial charge in [-0.25, -0.2) is 8.78 Å². The Morgan fingerprint density at radius 1 is 1.42 bits per heavy atom. The lowest BCUT2D eigenvalue weighted by molar-refractivity contribution is -0.117. The second-order valence-corrected chi connectivity index (χ2v) is 3.95. The zero-order valence-electron chi connectivity index (χ0n) is 10.2. The minimum absolute atomic E-state index is 0.110.